The Morgan fingerprint density at radius 2 is 1.59 bits per heavy atom. The number of nitrogens with one attached hydrogen (secondary N) is 1. The van der Waals surface area contributed by atoms with Crippen LogP contribution in [0.5, 0.6) is 0 Å². The van der Waals surface area contributed by atoms with E-state index in [0.29, 0.717) is 13.2 Å². The highest BCUT2D eigenvalue weighted by molar-refractivity contribution is 5.75. The minimum absolute atomic E-state index is 0.159. The van der Waals surface area contributed by atoms with Crippen LogP contribution in [0.25, 0.3) is 0 Å². The first kappa shape index (κ1) is 16.4. The molecule has 0 unspecified atom stereocenters. The minimum atomic E-state index is -0.825. The molecule has 0 aromatic heterocycles. The zero-order valence-electron chi connectivity index (χ0n) is 12.2. The van der Waals surface area contributed by atoms with Gasteiger partial charge in [0, 0.05) is 12.1 Å². The smallest absolute Gasteiger partial charge is 0.310 e. The lowest BCUT2D eigenvalue weighted by molar-refractivity contribution is -0.151. The average Bonchev–Trinajstić information content (AvgIpc) is 2.10. The Balaban J connectivity index is 4.24. The third-order valence-electron chi connectivity index (χ3n) is 3.30. The molecule has 0 bridgehead atoms. The molecule has 17 heavy (non-hydrogen) atoms. The van der Waals surface area contributed by atoms with Gasteiger partial charge in [0.1, 0.15) is 0 Å². The van der Waals surface area contributed by atoms with Gasteiger partial charge in [-0.1, -0.05) is 0 Å². The van der Waals surface area contributed by atoms with E-state index in [2.05, 4.69) is 5.32 Å². The molecule has 0 radical (unpaired) electrons. The van der Waals surface area contributed by atoms with Crippen molar-refractivity contribution in [2.24, 2.45) is 5.41 Å². The van der Waals surface area contributed by atoms with E-state index in [1.165, 1.54) is 0 Å². The largest absolute Gasteiger partial charge is 0.481 e. The molecule has 0 aliphatic carbocycles. The summed E-state index contributed by atoms with van der Waals surface area (Å²) in [6, 6.07) is 0. The van der Waals surface area contributed by atoms with Gasteiger partial charge in [-0.05, 0) is 48.5 Å². The lowest BCUT2D eigenvalue weighted by Gasteiger charge is -2.39. The molecule has 4 nitrogen and oxygen atoms in total. The van der Waals surface area contributed by atoms with Crippen molar-refractivity contribution >= 4 is 5.97 Å². The number of carboxylic acid groups (broad SMARTS) is 1. The molecule has 0 aliphatic rings. The Kier molecular flexibility index (Phi) is 5.16. The lowest BCUT2D eigenvalue weighted by atomic mass is 9.74. The molecule has 0 fully saturated rings. The highest BCUT2D eigenvalue weighted by atomic mass is 16.5. The average molecular weight is 245 g/mol. The van der Waals surface area contributed by atoms with Crippen molar-refractivity contribution in [1.29, 1.82) is 0 Å². The van der Waals surface area contributed by atoms with Crippen molar-refractivity contribution in [1.82, 2.24) is 5.32 Å². The highest BCUT2D eigenvalue weighted by Crippen LogP contribution is 2.30. The summed E-state index contributed by atoms with van der Waals surface area (Å²) >= 11 is 0. The Morgan fingerprint density at radius 3 is 1.94 bits per heavy atom. The van der Waals surface area contributed by atoms with Gasteiger partial charge >= 0.3 is 5.97 Å². The maximum atomic E-state index is 11.2. The summed E-state index contributed by atoms with van der Waals surface area (Å²) in [6.07, 6.45) is 0. The Labute approximate surface area is 105 Å². The fraction of sp³-hybridized carbons (Fsp3) is 0.923. The molecule has 0 saturated heterocycles. The third kappa shape index (κ3) is 5.04. The predicted octanol–water partition coefficient (Wildman–Crippen LogP) is 2.28. The van der Waals surface area contributed by atoms with E-state index < -0.39 is 16.9 Å². The van der Waals surface area contributed by atoms with Crippen molar-refractivity contribution in [2.45, 2.75) is 59.6 Å². The number of ether oxygens (including phenoxy) is 1. The fourth-order valence-electron chi connectivity index (χ4n) is 1.21. The molecular formula is C13H27NO3. The first-order valence-corrected chi connectivity index (χ1v) is 6.02. The summed E-state index contributed by atoms with van der Waals surface area (Å²) < 4.78 is 5.59. The van der Waals surface area contributed by atoms with Crippen molar-refractivity contribution < 1.29 is 14.6 Å². The molecule has 102 valence electrons. The molecule has 0 amide bonds. The second-order valence-electron chi connectivity index (χ2n) is 6.44. The summed E-state index contributed by atoms with van der Waals surface area (Å²) in [5.74, 6) is -0.799. The molecule has 0 heterocycles. The number of hydrogen-bond acceptors (Lipinski definition) is 3. The molecule has 0 aromatic carbocycles. The van der Waals surface area contributed by atoms with Crippen LogP contribution >= 0.6 is 0 Å². The number of aliphatic carboxylic acids is 1. The van der Waals surface area contributed by atoms with Crippen molar-refractivity contribution in [2.75, 3.05) is 13.2 Å². The molecule has 0 rings (SSSR count). The Morgan fingerprint density at radius 1 is 1.12 bits per heavy atom. The van der Waals surface area contributed by atoms with E-state index in [-0.39, 0.29) is 5.60 Å². The minimum Gasteiger partial charge on any atom is -0.481 e. The van der Waals surface area contributed by atoms with Crippen LogP contribution in [0.4, 0.5) is 0 Å². The van der Waals surface area contributed by atoms with Gasteiger partial charge in [0.05, 0.1) is 17.6 Å². The number of carboxylic acids is 1. The first-order valence-electron chi connectivity index (χ1n) is 6.02. The summed E-state index contributed by atoms with van der Waals surface area (Å²) in [7, 11) is 0. The van der Waals surface area contributed by atoms with E-state index in [4.69, 9.17) is 4.74 Å². The molecule has 2 N–H and O–H groups in total. The summed E-state index contributed by atoms with van der Waals surface area (Å²) in [5.41, 5.74) is -1.47. The highest BCUT2D eigenvalue weighted by Gasteiger charge is 2.42. The lowest BCUT2D eigenvalue weighted by Crippen LogP contribution is -2.55. The monoisotopic (exact) mass is 245 g/mol. The van der Waals surface area contributed by atoms with Gasteiger partial charge in [-0.2, -0.15) is 0 Å². The van der Waals surface area contributed by atoms with E-state index >= 15 is 0 Å². The van der Waals surface area contributed by atoms with Gasteiger partial charge in [-0.3, -0.25) is 4.79 Å². The maximum absolute atomic E-state index is 11.2. The number of rotatable bonds is 6. The predicted molar refractivity (Wildman–Crippen MR) is 69.2 cm³/mol. The van der Waals surface area contributed by atoms with Crippen LogP contribution in [0, 0.1) is 5.41 Å². The quantitative estimate of drug-likeness (QED) is 0.705. The van der Waals surface area contributed by atoms with Crippen molar-refractivity contribution in [3.8, 4) is 0 Å². The van der Waals surface area contributed by atoms with Crippen LogP contribution in [-0.2, 0) is 9.53 Å². The second-order valence-corrected chi connectivity index (χ2v) is 6.44. The van der Waals surface area contributed by atoms with Gasteiger partial charge in [0.25, 0.3) is 0 Å². The Hall–Kier alpha value is -0.610. The van der Waals surface area contributed by atoms with Crippen molar-refractivity contribution in [3.63, 3.8) is 0 Å². The van der Waals surface area contributed by atoms with Gasteiger partial charge in [0.2, 0.25) is 0 Å². The molecule has 0 spiro atoms. The van der Waals surface area contributed by atoms with Crippen LogP contribution in [0.1, 0.15) is 48.5 Å². The SMILES string of the molecule is CC(C)(C)OCCNC(C)(C)C(C)(C)C(=O)O. The number of carbonyl (C=O) groups is 1. The fourth-order valence-corrected chi connectivity index (χ4v) is 1.21. The molecule has 0 atom stereocenters. The van der Waals surface area contributed by atoms with Crippen LogP contribution in [0.3, 0.4) is 0 Å². The molecule has 0 aromatic rings. The summed E-state index contributed by atoms with van der Waals surface area (Å²) in [4.78, 5) is 11.2. The van der Waals surface area contributed by atoms with Crippen LogP contribution < -0.4 is 5.32 Å². The molecular weight excluding hydrogens is 218 g/mol. The van der Waals surface area contributed by atoms with Crippen LogP contribution in [0.2, 0.25) is 0 Å². The normalized spacial score (nSPS) is 13.8. The van der Waals surface area contributed by atoms with Crippen LogP contribution in [0.15, 0.2) is 0 Å². The zero-order valence-corrected chi connectivity index (χ0v) is 12.2. The van der Waals surface area contributed by atoms with E-state index in [9.17, 15) is 9.90 Å². The zero-order chi connectivity index (χ0) is 13.9. The molecule has 0 aliphatic heterocycles. The van der Waals surface area contributed by atoms with Gasteiger partial charge in [-0.25, -0.2) is 0 Å². The third-order valence-corrected chi connectivity index (χ3v) is 3.30. The summed E-state index contributed by atoms with van der Waals surface area (Å²) in [6.45, 7) is 14.5. The van der Waals surface area contributed by atoms with Gasteiger partial charge < -0.3 is 15.2 Å². The van der Waals surface area contributed by atoms with Crippen LogP contribution in [-0.4, -0.2) is 35.4 Å². The first-order chi connectivity index (χ1) is 7.40. The number of hydrogen-bond donors (Lipinski definition) is 2. The maximum Gasteiger partial charge on any atom is 0.310 e. The van der Waals surface area contributed by atoms with Gasteiger partial charge in [-0.15, -0.1) is 0 Å². The summed E-state index contributed by atoms with van der Waals surface area (Å²) in [5, 5.41) is 12.4. The molecule has 4 heteroatoms. The Bertz CT molecular complexity index is 264. The van der Waals surface area contributed by atoms with E-state index in [1.54, 1.807) is 13.8 Å². The van der Waals surface area contributed by atoms with Gasteiger partial charge in [0.15, 0.2) is 0 Å². The standard InChI is InChI=1S/C13H27NO3/c1-11(2,3)17-9-8-14-13(6,7)12(4,5)10(15)16/h14H,8-9H2,1-7H3,(H,15,16). The van der Waals surface area contributed by atoms with Crippen molar-refractivity contribution in [3.05, 3.63) is 0 Å². The molecule has 0 saturated carbocycles. The topological polar surface area (TPSA) is 58.6 Å². The second kappa shape index (κ2) is 5.36. The van der Waals surface area contributed by atoms with E-state index in [0.717, 1.165) is 0 Å². The van der Waals surface area contributed by atoms with E-state index in [1.807, 2.05) is 34.6 Å².